The molecule has 1 aliphatic carbocycles. The number of hydrazine groups is 1. The molecule has 12 heteroatoms. The number of alkyl halides is 3. The summed E-state index contributed by atoms with van der Waals surface area (Å²) in [4.78, 5) is 16.9. The lowest BCUT2D eigenvalue weighted by molar-refractivity contribution is -0.142. The summed E-state index contributed by atoms with van der Waals surface area (Å²) in [5.41, 5.74) is 0.565. The van der Waals surface area contributed by atoms with Gasteiger partial charge in [0.1, 0.15) is 24.0 Å². The number of rotatable bonds is 5. The van der Waals surface area contributed by atoms with Gasteiger partial charge in [0.05, 0.1) is 12.1 Å². The Labute approximate surface area is 164 Å². The van der Waals surface area contributed by atoms with E-state index in [-0.39, 0.29) is 17.8 Å². The predicted molar refractivity (Wildman–Crippen MR) is 99.1 cm³/mol. The fraction of sp³-hybridized carbons (Fsp3) is 0.471. The molecule has 1 amide bonds. The lowest BCUT2D eigenvalue weighted by Gasteiger charge is -2.33. The minimum atomic E-state index is -4.35. The highest BCUT2D eigenvalue weighted by Crippen LogP contribution is 2.27. The first kappa shape index (κ1) is 19.3. The Morgan fingerprint density at radius 1 is 1.41 bits per heavy atom. The predicted octanol–water partition coefficient (Wildman–Crippen LogP) is 0.983. The maximum Gasteiger partial charge on any atom is 0.408 e. The standard InChI is InChI=1S/C17H21F3N8O/c1-21-14-7-13(23-12-5-6-27(25-12)9-17(18,19)20)24-15-11(8-26(2)28(14)15)16(29)22-10-3-4-10/h5-7,10,24H,3-4,8-9H2,1-2H3,(H,22,29)(H,23,25). The number of nitrogens with zero attached hydrogens (tertiary/aromatic N) is 5. The Kier molecular flexibility index (Phi) is 4.73. The molecule has 0 atom stereocenters. The van der Waals surface area contributed by atoms with E-state index in [1.807, 2.05) is 12.1 Å². The lowest BCUT2D eigenvalue weighted by Crippen LogP contribution is -2.46. The van der Waals surface area contributed by atoms with Crippen LogP contribution < -0.4 is 16.0 Å². The number of carbonyl (C=O) groups excluding carboxylic acids is 1. The summed E-state index contributed by atoms with van der Waals surface area (Å²) >= 11 is 0. The Hall–Kier alpha value is -3.02. The first-order chi connectivity index (χ1) is 13.7. The van der Waals surface area contributed by atoms with Gasteiger partial charge in [0.25, 0.3) is 5.91 Å². The molecule has 1 saturated carbocycles. The van der Waals surface area contributed by atoms with Crippen LogP contribution in [0.4, 0.5) is 19.0 Å². The summed E-state index contributed by atoms with van der Waals surface area (Å²) in [6.07, 6.45) is 0.561. The van der Waals surface area contributed by atoms with Crippen LogP contribution in [0.1, 0.15) is 12.8 Å². The van der Waals surface area contributed by atoms with Crippen molar-refractivity contribution in [2.45, 2.75) is 31.6 Å². The fourth-order valence-electron chi connectivity index (χ4n) is 3.19. The topological polar surface area (TPSA) is 89.8 Å². The average molecular weight is 410 g/mol. The molecule has 0 spiro atoms. The number of hydrogen-bond donors (Lipinski definition) is 3. The van der Waals surface area contributed by atoms with Crippen LogP contribution in [0.5, 0.6) is 0 Å². The summed E-state index contributed by atoms with van der Waals surface area (Å²) in [6.45, 7) is -0.765. The van der Waals surface area contributed by atoms with E-state index in [1.54, 1.807) is 18.1 Å². The first-order valence-electron chi connectivity index (χ1n) is 9.11. The highest BCUT2D eigenvalue weighted by atomic mass is 19.4. The summed E-state index contributed by atoms with van der Waals surface area (Å²) in [5.74, 6) is 1.70. The van der Waals surface area contributed by atoms with Crippen molar-refractivity contribution in [1.82, 2.24) is 30.4 Å². The molecule has 4 rings (SSSR count). The SMILES string of the molecule is CN=C1C=C(Nc2ccn(CC(F)(F)F)n2)NC2=C(C(=O)NC3CC3)CN(C)N12. The molecular weight excluding hydrogens is 389 g/mol. The Morgan fingerprint density at radius 2 is 2.17 bits per heavy atom. The average Bonchev–Trinajstić information content (AvgIpc) is 3.25. The van der Waals surface area contributed by atoms with Gasteiger partial charge < -0.3 is 16.0 Å². The zero-order chi connectivity index (χ0) is 20.8. The largest absolute Gasteiger partial charge is 0.408 e. The van der Waals surface area contributed by atoms with Crippen molar-refractivity contribution in [3.05, 3.63) is 35.6 Å². The van der Waals surface area contributed by atoms with Gasteiger partial charge in [-0.25, -0.2) is 10.0 Å². The van der Waals surface area contributed by atoms with Crippen LogP contribution in [0.15, 0.2) is 40.5 Å². The van der Waals surface area contributed by atoms with Gasteiger partial charge in [-0.2, -0.15) is 18.3 Å². The van der Waals surface area contributed by atoms with Gasteiger partial charge in [-0.3, -0.25) is 14.5 Å². The Balaban J connectivity index is 1.55. The zero-order valence-electron chi connectivity index (χ0n) is 15.9. The van der Waals surface area contributed by atoms with Gasteiger partial charge in [0.2, 0.25) is 0 Å². The third-order valence-electron chi connectivity index (χ3n) is 4.63. The number of hydrogen-bond acceptors (Lipinski definition) is 6. The van der Waals surface area contributed by atoms with E-state index in [0.29, 0.717) is 29.6 Å². The van der Waals surface area contributed by atoms with E-state index in [0.717, 1.165) is 17.5 Å². The number of likely N-dealkylation sites (N-methyl/N-ethyl adjacent to an activating group) is 1. The molecule has 9 nitrogen and oxygen atoms in total. The number of fused-ring (bicyclic) bond motifs is 1. The summed E-state index contributed by atoms with van der Waals surface area (Å²) in [6, 6.07) is 1.67. The summed E-state index contributed by atoms with van der Waals surface area (Å²) < 4.78 is 38.4. The molecular formula is C17H21F3N8O. The number of aliphatic imine (C=N–C) groups is 1. The van der Waals surface area contributed by atoms with Crippen LogP contribution in [0.25, 0.3) is 0 Å². The molecule has 1 aromatic rings. The molecule has 3 aliphatic rings. The Morgan fingerprint density at radius 3 is 2.83 bits per heavy atom. The van der Waals surface area contributed by atoms with E-state index >= 15 is 0 Å². The maximum atomic E-state index is 12.6. The quantitative estimate of drug-likeness (QED) is 0.671. The van der Waals surface area contributed by atoms with Crippen molar-refractivity contribution in [2.24, 2.45) is 4.99 Å². The van der Waals surface area contributed by atoms with Crippen molar-refractivity contribution in [3.63, 3.8) is 0 Å². The van der Waals surface area contributed by atoms with E-state index in [9.17, 15) is 18.0 Å². The molecule has 0 saturated heterocycles. The third kappa shape index (κ3) is 4.21. The molecule has 0 radical (unpaired) electrons. The smallest absolute Gasteiger partial charge is 0.349 e. The molecule has 3 heterocycles. The van der Waals surface area contributed by atoms with Crippen molar-refractivity contribution in [1.29, 1.82) is 0 Å². The Bertz CT molecular complexity index is 912. The molecule has 0 unspecified atom stereocenters. The molecule has 0 bridgehead atoms. The molecule has 1 aromatic heterocycles. The van der Waals surface area contributed by atoms with Crippen LogP contribution in [0, 0.1) is 0 Å². The minimum Gasteiger partial charge on any atom is -0.349 e. The number of nitrogens with one attached hydrogen (secondary N) is 3. The second-order valence-corrected chi connectivity index (χ2v) is 7.11. The fourth-order valence-corrected chi connectivity index (χ4v) is 3.19. The lowest BCUT2D eigenvalue weighted by atomic mass is 10.2. The van der Waals surface area contributed by atoms with Crippen LogP contribution in [-0.2, 0) is 11.3 Å². The highest BCUT2D eigenvalue weighted by molar-refractivity contribution is 6.01. The molecule has 156 valence electrons. The number of amides is 1. The molecule has 2 aliphatic heterocycles. The molecule has 29 heavy (non-hydrogen) atoms. The second kappa shape index (κ2) is 7.10. The third-order valence-corrected chi connectivity index (χ3v) is 4.63. The van der Waals surface area contributed by atoms with Crippen LogP contribution in [0.2, 0.25) is 0 Å². The molecule has 1 fully saturated rings. The van der Waals surface area contributed by atoms with E-state index in [1.165, 1.54) is 12.3 Å². The van der Waals surface area contributed by atoms with Gasteiger partial charge in [-0.15, -0.1) is 0 Å². The van der Waals surface area contributed by atoms with Crippen LogP contribution in [0.3, 0.4) is 0 Å². The number of amidine groups is 1. The van der Waals surface area contributed by atoms with Gasteiger partial charge >= 0.3 is 6.18 Å². The number of anilines is 1. The molecule has 3 N–H and O–H groups in total. The van der Waals surface area contributed by atoms with Crippen molar-refractivity contribution in [3.8, 4) is 0 Å². The summed E-state index contributed by atoms with van der Waals surface area (Å²) in [5, 5.41) is 16.6. The van der Waals surface area contributed by atoms with E-state index < -0.39 is 12.7 Å². The van der Waals surface area contributed by atoms with Crippen molar-refractivity contribution < 1.29 is 18.0 Å². The van der Waals surface area contributed by atoms with E-state index in [4.69, 9.17) is 0 Å². The zero-order valence-corrected chi connectivity index (χ0v) is 15.9. The van der Waals surface area contributed by atoms with Gasteiger partial charge in [0, 0.05) is 38.5 Å². The minimum absolute atomic E-state index is 0.143. The summed E-state index contributed by atoms with van der Waals surface area (Å²) in [7, 11) is 3.47. The second-order valence-electron chi connectivity index (χ2n) is 7.11. The highest BCUT2D eigenvalue weighted by Gasteiger charge is 2.38. The molecule has 0 aromatic carbocycles. The first-order valence-corrected chi connectivity index (χ1v) is 9.11. The monoisotopic (exact) mass is 410 g/mol. The van der Waals surface area contributed by atoms with Crippen molar-refractivity contribution in [2.75, 3.05) is 26.0 Å². The van der Waals surface area contributed by atoms with Crippen molar-refractivity contribution >= 4 is 17.6 Å². The number of carbonyl (C=O) groups is 1. The van der Waals surface area contributed by atoms with Crippen LogP contribution >= 0.6 is 0 Å². The van der Waals surface area contributed by atoms with E-state index in [2.05, 4.69) is 26.0 Å². The van der Waals surface area contributed by atoms with Gasteiger partial charge in [0.15, 0.2) is 5.82 Å². The number of halogens is 3. The van der Waals surface area contributed by atoms with Gasteiger partial charge in [-0.1, -0.05) is 0 Å². The normalized spacial score (nSPS) is 21.2. The van der Waals surface area contributed by atoms with Gasteiger partial charge in [-0.05, 0) is 12.8 Å². The number of aromatic nitrogens is 2. The maximum absolute atomic E-state index is 12.6. The van der Waals surface area contributed by atoms with Crippen LogP contribution in [-0.4, -0.2) is 64.4 Å².